The van der Waals surface area contributed by atoms with Crippen LogP contribution in [-0.4, -0.2) is 27.6 Å². The molecule has 0 fully saturated rings. The molecule has 14 heavy (non-hydrogen) atoms. The van der Waals surface area contributed by atoms with E-state index in [2.05, 4.69) is 41.4 Å². The van der Waals surface area contributed by atoms with Crippen LogP contribution >= 0.6 is 0 Å². The maximum atomic E-state index is 3.29. The number of benzene rings is 1. The SMILES string of the molecule is CN[C@@H](C)Cc1c[se]c2ccccc12. The van der Waals surface area contributed by atoms with Gasteiger partial charge in [-0.1, -0.05) is 0 Å². The topological polar surface area (TPSA) is 12.0 Å². The normalized spacial score (nSPS) is 13.3. The van der Waals surface area contributed by atoms with Crippen LogP contribution in [0.1, 0.15) is 12.5 Å². The molecule has 1 aromatic heterocycles. The van der Waals surface area contributed by atoms with Crippen molar-refractivity contribution in [3.8, 4) is 0 Å². The number of rotatable bonds is 3. The van der Waals surface area contributed by atoms with Crippen molar-refractivity contribution in [3.05, 3.63) is 34.8 Å². The second kappa shape index (κ2) is 4.31. The Morgan fingerprint density at radius 2 is 2.14 bits per heavy atom. The van der Waals surface area contributed by atoms with Crippen molar-refractivity contribution in [2.24, 2.45) is 0 Å². The molecule has 2 aromatic rings. The van der Waals surface area contributed by atoms with Gasteiger partial charge in [-0.05, 0) is 0 Å². The molecule has 1 atom stereocenters. The summed E-state index contributed by atoms with van der Waals surface area (Å²) in [6, 6.07) is 9.35. The van der Waals surface area contributed by atoms with Gasteiger partial charge in [0.25, 0.3) is 0 Å². The van der Waals surface area contributed by atoms with Crippen LogP contribution in [0.15, 0.2) is 29.2 Å². The second-order valence-electron chi connectivity index (χ2n) is 3.65. The predicted octanol–water partition coefficient (Wildman–Crippen LogP) is 2.05. The first kappa shape index (κ1) is 9.97. The minimum absolute atomic E-state index is 0.569. The summed E-state index contributed by atoms with van der Waals surface area (Å²) in [5.74, 6) is 0. The third kappa shape index (κ3) is 1.93. The van der Waals surface area contributed by atoms with Gasteiger partial charge in [0.2, 0.25) is 0 Å². The Morgan fingerprint density at radius 3 is 2.93 bits per heavy atom. The van der Waals surface area contributed by atoms with Crippen LogP contribution in [0.5, 0.6) is 0 Å². The van der Waals surface area contributed by atoms with Crippen LogP contribution in [0.4, 0.5) is 0 Å². The first-order valence-electron chi connectivity index (χ1n) is 4.93. The predicted molar refractivity (Wildman–Crippen MR) is 63.1 cm³/mol. The molecule has 0 aliphatic carbocycles. The van der Waals surface area contributed by atoms with Crippen molar-refractivity contribution in [2.75, 3.05) is 7.05 Å². The fourth-order valence-electron chi connectivity index (χ4n) is 1.62. The summed E-state index contributed by atoms with van der Waals surface area (Å²) in [4.78, 5) is 2.42. The molecule has 1 aromatic carbocycles. The monoisotopic (exact) mass is 253 g/mol. The molecule has 2 rings (SSSR count). The average Bonchev–Trinajstić information content (AvgIpc) is 2.62. The molecule has 0 aliphatic heterocycles. The van der Waals surface area contributed by atoms with Gasteiger partial charge >= 0.3 is 90.7 Å². The molecule has 2 heteroatoms. The van der Waals surface area contributed by atoms with Crippen LogP contribution < -0.4 is 5.32 Å². The summed E-state index contributed by atoms with van der Waals surface area (Å²) in [6.45, 7) is 2.23. The number of fused-ring (bicyclic) bond motifs is 1. The zero-order chi connectivity index (χ0) is 9.97. The van der Waals surface area contributed by atoms with Gasteiger partial charge in [0.05, 0.1) is 0 Å². The molecule has 0 spiro atoms. The Kier molecular flexibility index (Phi) is 3.07. The van der Waals surface area contributed by atoms with E-state index in [0.29, 0.717) is 20.5 Å². The second-order valence-corrected chi connectivity index (χ2v) is 5.56. The van der Waals surface area contributed by atoms with Gasteiger partial charge in [-0.3, -0.25) is 0 Å². The summed E-state index contributed by atoms with van der Waals surface area (Å²) >= 11 is 0.569. The van der Waals surface area contributed by atoms with Crippen molar-refractivity contribution in [1.29, 1.82) is 0 Å². The summed E-state index contributed by atoms with van der Waals surface area (Å²) in [5, 5.41) is 4.77. The molecular weight excluding hydrogens is 237 g/mol. The molecule has 0 unspecified atom stereocenters. The van der Waals surface area contributed by atoms with Gasteiger partial charge < -0.3 is 0 Å². The van der Waals surface area contributed by atoms with Crippen molar-refractivity contribution in [1.82, 2.24) is 5.32 Å². The van der Waals surface area contributed by atoms with E-state index in [9.17, 15) is 0 Å². The van der Waals surface area contributed by atoms with Crippen LogP contribution in [0.3, 0.4) is 0 Å². The summed E-state index contributed by atoms with van der Waals surface area (Å²) < 4.78 is 1.54. The van der Waals surface area contributed by atoms with Crippen molar-refractivity contribution in [3.63, 3.8) is 0 Å². The Bertz CT molecular complexity index is 419. The van der Waals surface area contributed by atoms with Crippen LogP contribution in [0.25, 0.3) is 9.65 Å². The van der Waals surface area contributed by atoms with Crippen molar-refractivity contribution in [2.45, 2.75) is 19.4 Å². The molecule has 1 N–H and O–H groups in total. The molecule has 0 aliphatic rings. The van der Waals surface area contributed by atoms with Crippen LogP contribution in [0.2, 0.25) is 0 Å². The third-order valence-electron chi connectivity index (χ3n) is 2.58. The summed E-state index contributed by atoms with van der Waals surface area (Å²) in [6.07, 6.45) is 1.15. The van der Waals surface area contributed by atoms with E-state index in [4.69, 9.17) is 0 Å². The van der Waals surface area contributed by atoms with E-state index < -0.39 is 0 Å². The van der Waals surface area contributed by atoms with E-state index in [1.165, 1.54) is 10.9 Å². The van der Waals surface area contributed by atoms with Crippen LogP contribution in [0, 0.1) is 0 Å². The maximum absolute atomic E-state index is 3.29. The third-order valence-corrected chi connectivity index (χ3v) is 4.70. The zero-order valence-electron chi connectivity index (χ0n) is 8.58. The molecule has 1 nitrogen and oxygen atoms in total. The first-order valence-corrected chi connectivity index (χ1v) is 6.78. The van der Waals surface area contributed by atoms with Crippen molar-refractivity contribution >= 4 is 24.1 Å². The Balaban J connectivity index is 2.33. The molecule has 0 bridgehead atoms. The molecule has 0 radical (unpaired) electrons. The average molecular weight is 252 g/mol. The van der Waals surface area contributed by atoms with Gasteiger partial charge in [-0.2, -0.15) is 0 Å². The van der Waals surface area contributed by atoms with Gasteiger partial charge in [0.15, 0.2) is 0 Å². The van der Waals surface area contributed by atoms with E-state index in [1.807, 2.05) is 7.05 Å². The van der Waals surface area contributed by atoms with Gasteiger partial charge in [-0.15, -0.1) is 0 Å². The van der Waals surface area contributed by atoms with E-state index in [0.717, 1.165) is 6.42 Å². The summed E-state index contributed by atoms with van der Waals surface area (Å²) in [5.41, 5.74) is 1.53. The fourth-order valence-corrected chi connectivity index (χ4v) is 3.67. The standard InChI is InChI=1S/C12H15NSe/c1-9(13-2)7-10-8-14-12-6-4-3-5-11(10)12/h3-6,8-9,13H,7H2,1-2H3/t9-/m0/s1. The molecule has 1 heterocycles. The molecule has 0 saturated heterocycles. The van der Waals surface area contributed by atoms with Crippen LogP contribution in [-0.2, 0) is 6.42 Å². The Labute approximate surface area is 90.9 Å². The van der Waals surface area contributed by atoms with Gasteiger partial charge in [0.1, 0.15) is 0 Å². The Hall–Kier alpha value is -0.561. The number of likely N-dealkylation sites (N-methyl/N-ethyl adjacent to an activating group) is 1. The number of nitrogens with one attached hydrogen (secondary N) is 1. The molecular formula is C12H15NSe. The Morgan fingerprint density at radius 1 is 1.36 bits per heavy atom. The molecule has 0 saturated carbocycles. The van der Waals surface area contributed by atoms with E-state index >= 15 is 0 Å². The first-order chi connectivity index (χ1) is 6.81. The van der Waals surface area contributed by atoms with E-state index in [1.54, 1.807) is 4.26 Å². The zero-order valence-corrected chi connectivity index (χ0v) is 10.3. The minimum atomic E-state index is 0.569. The molecule has 0 amide bonds. The number of hydrogen-bond acceptors (Lipinski definition) is 1. The fraction of sp³-hybridized carbons (Fsp3) is 0.333. The van der Waals surface area contributed by atoms with Gasteiger partial charge in [0, 0.05) is 0 Å². The van der Waals surface area contributed by atoms with E-state index in [-0.39, 0.29) is 0 Å². The van der Waals surface area contributed by atoms with Crippen molar-refractivity contribution < 1.29 is 0 Å². The number of hydrogen-bond donors (Lipinski definition) is 1. The quantitative estimate of drug-likeness (QED) is 0.824. The molecule has 74 valence electrons. The summed E-state index contributed by atoms with van der Waals surface area (Å²) in [7, 11) is 2.03. The van der Waals surface area contributed by atoms with Gasteiger partial charge in [-0.25, -0.2) is 0 Å².